The van der Waals surface area contributed by atoms with Crippen LogP contribution in [0.2, 0.25) is 0 Å². The second-order valence-corrected chi connectivity index (χ2v) is 6.60. The van der Waals surface area contributed by atoms with E-state index in [4.69, 9.17) is 14.2 Å². The average molecular weight is 416 g/mol. The SMILES string of the molecule is CCCCNC(=O)C(=O)c1[nH]c(C)c(C(=O)OCC)c1-c1ccc(OC)cc1OC. The molecule has 8 heteroatoms. The fourth-order valence-electron chi connectivity index (χ4n) is 3.10. The van der Waals surface area contributed by atoms with Crippen molar-refractivity contribution in [3.8, 4) is 22.6 Å². The lowest BCUT2D eigenvalue weighted by molar-refractivity contribution is -0.117. The number of ketones is 1. The van der Waals surface area contributed by atoms with E-state index in [1.165, 1.54) is 14.2 Å². The third-order valence-electron chi connectivity index (χ3n) is 4.59. The Morgan fingerprint density at radius 1 is 1.10 bits per heavy atom. The normalized spacial score (nSPS) is 10.4. The van der Waals surface area contributed by atoms with E-state index in [0.717, 1.165) is 12.8 Å². The standard InChI is InChI=1S/C22H28N2O6/c1-6-8-11-23-21(26)20(25)19-18(17(13(3)24-19)22(27)30-7-2)15-10-9-14(28-4)12-16(15)29-5/h9-10,12,24H,6-8,11H2,1-5H3,(H,23,26). The van der Waals surface area contributed by atoms with Crippen molar-refractivity contribution in [3.63, 3.8) is 0 Å². The van der Waals surface area contributed by atoms with Gasteiger partial charge < -0.3 is 24.5 Å². The minimum absolute atomic E-state index is 0.00742. The summed E-state index contributed by atoms with van der Waals surface area (Å²) in [6, 6.07) is 5.00. The third kappa shape index (κ3) is 4.82. The zero-order chi connectivity index (χ0) is 22.3. The van der Waals surface area contributed by atoms with Crippen LogP contribution < -0.4 is 14.8 Å². The predicted molar refractivity (Wildman–Crippen MR) is 112 cm³/mol. The summed E-state index contributed by atoms with van der Waals surface area (Å²) in [5, 5.41) is 2.61. The van der Waals surface area contributed by atoms with Crippen LogP contribution in [0.5, 0.6) is 11.5 Å². The van der Waals surface area contributed by atoms with Crippen LogP contribution in [0, 0.1) is 6.92 Å². The smallest absolute Gasteiger partial charge is 0.340 e. The molecule has 1 amide bonds. The van der Waals surface area contributed by atoms with Gasteiger partial charge in [0.2, 0.25) is 0 Å². The number of unbranched alkanes of at least 4 members (excludes halogenated alkanes) is 1. The topological polar surface area (TPSA) is 107 Å². The summed E-state index contributed by atoms with van der Waals surface area (Å²) in [7, 11) is 3.00. The molecule has 2 aromatic rings. The Hall–Kier alpha value is -3.29. The molecule has 0 spiro atoms. The zero-order valence-corrected chi connectivity index (χ0v) is 18.0. The van der Waals surface area contributed by atoms with Crippen molar-refractivity contribution in [3.05, 3.63) is 35.2 Å². The minimum Gasteiger partial charge on any atom is -0.497 e. The highest BCUT2D eigenvalue weighted by Crippen LogP contribution is 2.39. The number of aromatic nitrogens is 1. The number of Topliss-reactive ketones (excluding diaryl/α,β-unsaturated/α-hetero) is 1. The van der Waals surface area contributed by atoms with Crippen molar-refractivity contribution < 1.29 is 28.6 Å². The van der Waals surface area contributed by atoms with Crippen molar-refractivity contribution in [2.24, 2.45) is 0 Å². The maximum Gasteiger partial charge on any atom is 0.340 e. The van der Waals surface area contributed by atoms with Crippen LogP contribution in [-0.4, -0.2) is 50.0 Å². The number of benzene rings is 1. The highest BCUT2D eigenvalue weighted by Gasteiger charge is 2.31. The van der Waals surface area contributed by atoms with Gasteiger partial charge in [-0.25, -0.2) is 4.79 Å². The van der Waals surface area contributed by atoms with E-state index in [0.29, 0.717) is 29.3 Å². The van der Waals surface area contributed by atoms with Crippen LogP contribution in [-0.2, 0) is 9.53 Å². The maximum absolute atomic E-state index is 12.9. The number of nitrogens with one attached hydrogen (secondary N) is 2. The summed E-state index contributed by atoms with van der Waals surface area (Å²) in [6.07, 6.45) is 1.65. The molecule has 1 aromatic heterocycles. The molecule has 0 unspecified atom stereocenters. The van der Waals surface area contributed by atoms with E-state index in [-0.39, 0.29) is 23.4 Å². The molecule has 0 saturated heterocycles. The fourth-order valence-corrected chi connectivity index (χ4v) is 3.10. The van der Waals surface area contributed by atoms with Gasteiger partial charge in [0.15, 0.2) is 0 Å². The molecule has 0 bridgehead atoms. The molecule has 0 aliphatic rings. The molecule has 1 heterocycles. The Morgan fingerprint density at radius 2 is 1.83 bits per heavy atom. The second kappa shape index (κ2) is 10.5. The van der Waals surface area contributed by atoms with E-state index in [9.17, 15) is 14.4 Å². The Morgan fingerprint density at radius 3 is 2.43 bits per heavy atom. The minimum atomic E-state index is -0.766. The molecule has 0 aliphatic carbocycles. The van der Waals surface area contributed by atoms with Crippen LogP contribution >= 0.6 is 0 Å². The van der Waals surface area contributed by atoms with E-state index >= 15 is 0 Å². The number of hydrogen-bond donors (Lipinski definition) is 2. The van der Waals surface area contributed by atoms with Gasteiger partial charge in [-0.3, -0.25) is 9.59 Å². The first kappa shape index (κ1) is 23.0. The third-order valence-corrected chi connectivity index (χ3v) is 4.59. The summed E-state index contributed by atoms with van der Waals surface area (Å²) in [5.74, 6) is -1.17. The van der Waals surface area contributed by atoms with Crippen LogP contribution in [0.15, 0.2) is 18.2 Å². The Labute approximate surface area is 175 Å². The van der Waals surface area contributed by atoms with Gasteiger partial charge in [-0.2, -0.15) is 0 Å². The molecule has 8 nitrogen and oxygen atoms in total. The molecule has 0 atom stereocenters. The number of methoxy groups -OCH3 is 2. The maximum atomic E-state index is 12.9. The summed E-state index contributed by atoms with van der Waals surface area (Å²) < 4.78 is 15.9. The number of carbonyl (C=O) groups is 3. The molecule has 0 saturated carbocycles. The summed E-state index contributed by atoms with van der Waals surface area (Å²) in [5.41, 5.74) is 1.35. The number of rotatable bonds is 10. The van der Waals surface area contributed by atoms with Gasteiger partial charge in [-0.1, -0.05) is 13.3 Å². The number of ether oxygens (including phenoxy) is 3. The lowest BCUT2D eigenvalue weighted by atomic mass is 9.97. The summed E-state index contributed by atoms with van der Waals surface area (Å²) in [4.78, 5) is 40.9. The van der Waals surface area contributed by atoms with E-state index in [1.54, 1.807) is 32.0 Å². The van der Waals surface area contributed by atoms with Gasteiger partial charge in [0.1, 0.15) is 17.2 Å². The number of aromatic amines is 1. The van der Waals surface area contributed by atoms with Gasteiger partial charge in [-0.05, 0) is 32.4 Å². The molecule has 2 rings (SSSR count). The van der Waals surface area contributed by atoms with Crippen molar-refractivity contribution in [1.82, 2.24) is 10.3 Å². The molecular weight excluding hydrogens is 388 g/mol. The molecule has 162 valence electrons. The van der Waals surface area contributed by atoms with E-state index in [1.807, 2.05) is 6.92 Å². The van der Waals surface area contributed by atoms with Crippen LogP contribution in [0.3, 0.4) is 0 Å². The molecule has 0 radical (unpaired) electrons. The number of hydrogen-bond acceptors (Lipinski definition) is 6. The fraction of sp³-hybridized carbons (Fsp3) is 0.409. The lowest BCUT2D eigenvalue weighted by Crippen LogP contribution is -2.32. The Kier molecular flexibility index (Phi) is 8.03. The summed E-state index contributed by atoms with van der Waals surface area (Å²) >= 11 is 0. The van der Waals surface area contributed by atoms with Crippen molar-refractivity contribution in [1.29, 1.82) is 0 Å². The molecule has 1 aromatic carbocycles. The highest BCUT2D eigenvalue weighted by molar-refractivity contribution is 6.44. The lowest BCUT2D eigenvalue weighted by Gasteiger charge is -2.13. The average Bonchev–Trinajstić information content (AvgIpc) is 3.09. The van der Waals surface area contributed by atoms with Crippen LogP contribution in [0.4, 0.5) is 0 Å². The van der Waals surface area contributed by atoms with Gasteiger partial charge in [-0.15, -0.1) is 0 Å². The molecule has 30 heavy (non-hydrogen) atoms. The number of amides is 1. The Bertz CT molecular complexity index is 932. The molecule has 0 aliphatic heterocycles. The first-order valence-electron chi connectivity index (χ1n) is 9.84. The monoisotopic (exact) mass is 416 g/mol. The van der Waals surface area contributed by atoms with Gasteiger partial charge in [0.25, 0.3) is 11.7 Å². The molecule has 0 fully saturated rings. The van der Waals surface area contributed by atoms with Gasteiger partial charge >= 0.3 is 5.97 Å². The quantitative estimate of drug-likeness (QED) is 0.266. The molecule has 2 N–H and O–H groups in total. The predicted octanol–water partition coefficient (Wildman–Crippen LogP) is 3.28. The zero-order valence-electron chi connectivity index (χ0n) is 18.0. The second-order valence-electron chi connectivity index (χ2n) is 6.60. The van der Waals surface area contributed by atoms with E-state index < -0.39 is 17.7 Å². The number of H-pyrrole nitrogens is 1. The van der Waals surface area contributed by atoms with Crippen molar-refractivity contribution in [2.75, 3.05) is 27.4 Å². The van der Waals surface area contributed by atoms with Gasteiger partial charge in [0.05, 0.1) is 26.4 Å². The largest absolute Gasteiger partial charge is 0.497 e. The van der Waals surface area contributed by atoms with E-state index in [2.05, 4.69) is 10.3 Å². The van der Waals surface area contributed by atoms with Crippen molar-refractivity contribution in [2.45, 2.75) is 33.6 Å². The summed E-state index contributed by atoms with van der Waals surface area (Å²) in [6.45, 7) is 5.90. The first-order chi connectivity index (χ1) is 14.4. The first-order valence-corrected chi connectivity index (χ1v) is 9.84. The number of carbonyl (C=O) groups excluding carboxylic acids is 3. The highest BCUT2D eigenvalue weighted by atomic mass is 16.5. The van der Waals surface area contributed by atoms with Gasteiger partial charge in [0, 0.05) is 29.4 Å². The van der Waals surface area contributed by atoms with Crippen LogP contribution in [0.1, 0.15) is 53.2 Å². The van der Waals surface area contributed by atoms with Crippen LogP contribution in [0.25, 0.3) is 11.1 Å². The number of esters is 1. The van der Waals surface area contributed by atoms with Crippen molar-refractivity contribution >= 4 is 17.7 Å². The molecular formula is C22H28N2O6. The Balaban J connectivity index is 2.65. The number of aryl methyl sites for hydroxylation is 1.